The number of rotatable bonds is 8. The minimum Gasteiger partial charge on any atom is -0.390 e. The standard InChI is InChI=1S/C13H20F2O3Si/c1-3-17-19(16,18-4-2)7-5-6-11-8-12(14)10-13(15)9-11/h8-10,16H,3-7H2,1-2H3. The molecule has 1 N–H and O–H groups in total. The van der Waals surface area contributed by atoms with Gasteiger partial charge in [0, 0.05) is 25.3 Å². The second kappa shape index (κ2) is 7.69. The van der Waals surface area contributed by atoms with Gasteiger partial charge in [0.25, 0.3) is 0 Å². The molecule has 0 aromatic heterocycles. The molecule has 0 fully saturated rings. The lowest BCUT2D eigenvalue weighted by Crippen LogP contribution is -2.42. The van der Waals surface area contributed by atoms with Gasteiger partial charge in [0.2, 0.25) is 0 Å². The van der Waals surface area contributed by atoms with Crippen LogP contribution in [0.3, 0.4) is 0 Å². The van der Waals surface area contributed by atoms with Gasteiger partial charge in [-0.05, 0) is 44.4 Å². The first-order valence-electron chi connectivity index (χ1n) is 6.44. The van der Waals surface area contributed by atoms with Crippen molar-refractivity contribution in [1.29, 1.82) is 0 Å². The van der Waals surface area contributed by atoms with E-state index < -0.39 is 20.4 Å². The van der Waals surface area contributed by atoms with Crippen molar-refractivity contribution in [2.24, 2.45) is 0 Å². The van der Waals surface area contributed by atoms with E-state index in [-0.39, 0.29) is 0 Å². The Morgan fingerprint density at radius 2 is 1.58 bits per heavy atom. The van der Waals surface area contributed by atoms with Gasteiger partial charge in [-0.15, -0.1) is 0 Å². The van der Waals surface area contributed by atoms with E-state index in [1.54, 1.807) is 13.8 Å². The molecule has 6 heteroatoms. The van der Waals surface area contributed by atoms with E-state index in [9.17, 15) is 13.6 Å². The van der Waals surface area contributed by atoms with E-state index >= 15 is 0 Å². The van der Waals surface area contributed by atoms with Gasteiger partial charge in [-0.2, -0.15) is 0 Å². The first-order chi connectivity index (χ1) is 8.99. The Balaban J connectivity index is 2.51. The maximum atomic E-state index is 13.0. The van der Waals surface area contributed by atoms with Gasteiger partial charge in [0.1, 0.15) is 11.6 Å². The molecule has 0 heterocycles. The Morgan fingerprint density at radius 3 is 2.05 bits per heavy atom. The molecule has 0 spiro atoms. The predicted octanol–water partition coefficient (Wildman–Crippen LogP) is 2.90. The first-order valence-corrected chi connectivity index (χ1v) is 8.41. The quantitative estimate of drug-likeness (QED) is 0.748. The van der Waals surface area contributed by atoms with Crippen molar-refractivity contribution in [3.8, 4) is 0 Å². The summed E-state index contributed by atoms with van der Waals surface area (Å²) in [5.41, 5.74) is 0.571. The average Bonchev–Trinajstić information content (AvgIpc) is 2.28. The maximum absolute atomic E-state index is 13.0. The third-order valence-electron chi connectivity index (χ3n) is 2.62. The van der Waals surface area contributed by atoms with Crippen molar-refractivity contribution in [3.63, 3.8) is 0 Å². The Morgan fingerprint density at radius 1 is 1.05 bits per heavy atom. The Labute approximate surface area is 113 Å². The maximum Gasteiger partial charge on any atom is 0.498 e. The molecule has 0 saturated heterocycles. The molecule has 0 atom stereocenters. The van der Waals surface area contributed by atoms with Gasteiger partial charge in [-0.3, -0.25) is 0 Å². The molecule has 1 aromatic rings. The fraction of sp³-hybridized carbons (Fsp3) is 0.538. The van der Waals surface area contributed by atoms with Gasteiger partial charge in [0.05, 0.1) is 0 Å². The molecule has 108 valence electrons. The molecule has 3 nitrogen and oxygen atoms in total. The number of halogens is 2. The molecule has 0 saturated carbocycles. The predicted molar refractivity (Wildman–Crippen MR) is 70.7 cm³/mol. The fourth-order valence-electron chi connectivity index (χ4n) is 1.91. The number of hydrogen-bond acceptors (Lipinski definition) is 3. The molecule has 0 amide bonds. The fourth-order valence-corrected chi connectivity index (χ4v) is 3.81. The van der Waals surface area contributed by atoms with E-state index in [1.807, 2.05) is 0 Å². The lowest BCUT2D eigenvalue weighted by molar-refractivity contribution is 0.108. The van der Waals surface area contributed by atoms with Gasteiger partial charge in [0.15, 0.2) is 0 Å². The van der Waals surface area contributed by atoms with Crippen molar-refractivity contribution in [3.05, 3.63) is 35.4 Å². The Hall–Kier alpha value is -0.823. The van der Waals surface area contributed by atoms with Crippen LogP contribution in [0.1, 0.15) is 25.8 Å². The molecule has 0 unspecified atom stereocenters. The van der Waals surface area contributed by atoms with Crippen LogP contribution >= 0.6 is 0 Å². The summed E-state index contributed by atoms with van der Waals surface area (Å²) in [7, 11) is -3.12. The average molecular weight is 290 g/mol. The second-order valence-corrected chi connectivity index (χ2v) is 6.71. The van der Waals surface area contributed by atoms with Crippen molar-refractivity contribution in [1.82, 2.24) is 0 Å². The van der Waals surface area contributed by atoms with E-state index in [2.05, 4.69) is 0 Å². The summed E-state index contributed by atoms with van der Waals surface area (Å²) in [6, 6.07) is 3.82. The van der Waals surface area contributed by atoms with Crippen LogP contribution in [0.5, 0.6) is 0 Å². The normalized spacial score (nSPS) is 11.8. The third kappa shape index (κ3) is 5.77. The summed E-state index contributed by atoms with van der Waals surface area (Å²) in [4.78, 5) is 10.1. The largest absolute Gasteiger partial charge is 0.498 e. The SMILES string of the molecule is CCO[Si](O)(CCCc1cc(F)cc(F)c1)OCC. The minimum absolute atomic E-state index is 0.382. The second-order valence-electron chi connectivity index (χ2n) is 4.21. The lowest BCUT2D eigenvalue weighted by Gasteiger charge is -2.22. The molecule has 0 aliphatic carbocycles. The Kier molecular flexibility index (Phi) is 6.57. The smallest absolute Gasteiger partial charge is 0.390 e. The van der Waals surface area contributed by atoms with Gasteiger partial charge < -0.3 is 13.6 Å². The van der Waals surface area contributed by atoms with E-state index in [4.69, 9.17) is 8.85 Å². The van der Waals surface area contributed by atoms with Gasteiger partial charge in [-0.1, -0.05) is 0 Å². The molecule has 19 heavy (non-hydrogen) atoms. The van der Waals surface area contributed by atoms with Gasteiger partial charge in [-0.25, -0.2) is 8.78 Å². The van der Waals surface area contributed by atoms with Crippen molar-refractivity contribution < 1.29 is 22.4 Å². The van der Waals surface area contributed by atoms with Crippen LogP contribution < -0.4 is 0 Å². The van der Waals surface area contributed by atoms with E-state index in [1.165, 1.54) is 12.1 Å². The van der Waals surface area contributed by atoms with Crippen LogP contribution in [0.15, 0.2) is 18.2 Å². The lowest BCUT2D eigenvalue weighted by atomic mass is 10.1. The summed E-state index contributed by atoms with van der Waals surface area (Å²) >= 11 is 0. The number of hydrogen-bond donors (Lipinski definition) is 1. The monoisotopic (exact) mass is 290 g/mol. The highest BCUT2D eigenvalue weighted by molar-refractivity contribution is 6.59. The molecule has 0 bridgehead atoms. The molecule has 0 aliphatic rings. The highest BCUT2D eigenvalue weighted by Crippen LogP contribution is 2.17. The molecule has 0 radical (unpaired) electrons. The van der Waals surface area contributed by atoms with Crippen molar-refractivity contribution >= 4 is 8.80 Å². The van der Waals surface area contributed by atoms with Crippen LogP contribution in [0.4, 0.5) is 8.78 Å². The first kappa shape index (κ1) is 16.2. The summed E-state index contributed by atoms with van der Waals surface area (Å²) in [5.74, 6) is -1.17. The summed E-state index contributed by atoms with van der Waals surface area (Å²) in [6.07, 6.45) is 1.04. The topological polar surface area (TPSA) is 38.7 Å². The molecule has 0 aliphatic heterocycles. The van der Waals surface area contributed by atoms with E-state index in [0.29, 0.717) is 37.7 Å². The van der Waals surface area contributed by atoms with Crippen molar-refractivity contribution in [2.45, 2.75) is 32.7 Å². The van der Waals surface area contributed by atoms with Crippen molar-refractivity contribution in [2.75, 3.05) is 13.2 Å². The van der Waals surface area contributed by atoms with Crippen LogP contribution in [0.2, 0.25) is 6.04 Å². The molecular formula is C13H20F2O3Si. The summed E-state index contributed by atoms with van der Waals surface area (Å²) in [6.45, 7) is 4.35. The molecular weight excluding hydrogens is 270 g/mol. The zero-order valence-electron chi connectivity index (χ0n) is 11.3. The van der Waals surface area contributed by atoms with Gasteiger partial charge >= 0.3 is 8.80 Å². The van der Waals surface area contributed by atoms with Crippen LogP contribution in [0.25, 0.3) is 0 Å². The van der Waals surface area contributed by atoms with Crippen LogP contribution in [-0.2, 0) is 15.3 Å². The van der Waals surface area contributed by atoms with Crippen LogP contribution in [-0.4, -0.2) is 26.8 Å². The Bertz CT molecular complexity index is 375. The van der Waals surface area contributed by atoms with E-state index in [0.717, 1.165) is 6.07 Å². The zero-order chi connectivity index (χ0) is 14.3. The molecule has 1 rings (SSSR count). The summed E-state index contributed by atoms with van der Waals surface area (Å²) in [5, 5.41) is 0. The zero-order valence-corrected chi connectivity index (χ0v) is 12.3. The molecule has 1 aromatic carbocycles. The summed E-state index contributed by atoms with van der Waals surface area (Å²) < 4.78 is 36.6. The highest BCUT2D eigenvalue weighted by atomic mass is 28.4. The third-order valence-corrected chi connectivity index (χ3v) is 5.09. The number of aryl methyl sites for hydroxylation is 1. The highest BCUT2D eigenvalue weighted by Gasteiger charge is 2.35. The van der Waals surface area contributed by atoms with Crippen LogP contribution in [0, 0.1) is 11.6 Å². The minimum atomic E-state index is -3.12. The number of benzene rings is 1.